The molecule has 0 aliphatic carbocycles. The third kappa shape index (κ3) is 4.64. The highest BCUT2D eigenvalue weighted by molar-refractivity contribution is 5.78. The van der Waals surface area contributed by atoms with Gasteiger partial charge in [0.25, 0.3) is 0 Å². The smallest absolute Gasteiger partial charge is 0.189 e. The molecule has 0 amide bonds. The Bertz CT molecular complexity index is 394. The first-order valence-corrected chi connectivity index (χ1v) is 5.31. The Labute approximate surface area is 97.1 Å². The highest BCUT2D eigenvalue weighted by Gasteiger charge is 1.93. The molecule has 0 saturated carbocycles. The van der Waals surface area contributed by atoms with Gasteiger partial charge in [-0.2, -0.15) is 0 Å². The van der Waals surface area contributed by atoms with Gasteiger partial charge in [0.1, 0.15) is 0 Å². The second-order valence-corrected chi connectivity index (χ2v) is 4.00. The fraction of sp³-hybridized carbons (Fsp3) is 0.308. The van der Waals surface area contributed by atoms with Crippen LogP contribution in [0.2, 0.25) is 0 Å². The predicted octanol–water partition coefficient (Wildman–Crippen LogP) is 1.98. The molecule has 3 heteroatoms. The Morgan fingerprint density at radius 2 is 2.25 bits per heavy atom. The molecule has 0 radical (unpaired) electrons. The lowest BCUT2D eigenvalue weighted by atomic mass is 10.1. The number of nitrogens with zero attached hydrogens (tertiary/aromatic N) is 1. The van der Waals surface area contributed by atoms with Crippen LogP contribution in [0.5, 0.6) is 0 Å². The summed E-state index contributed by atoms with van der Waals surface area (Å²) >= 11 is 0. The van der Waals surface area contributed by atoms with Gasteiger partial charge in [0.15, 0.2) is 5.96 Å². The van der Waals surface area contributed by atoms with E-state index >= 15 is 0 Å². The van der Waals surface area contributed by atoms with Crippen molar-refractivity contribution < 1.29 is 0 Å². The first kappa shape index (κ1) is 12.3. The maximum atomic E-state index is 5.71. The molecule has 3 nitrogen and oxygen atoms in total. The molecule has 1 aromatic carbocycles. The molecule has 1 aromatic rings. The zero-order chi connectivity index (χ0) is 12.0. The highest BCUT2D eigenvalue weighted by Crippen LogP contribution is 2.04. The Kier molecular flexibility index (Phi) is 4.58. The van der Waals surface area contributed by atoms with Gasteiger partial charge in [-0.15, -0.1) is 0 Å². The van der Waals surface area contributed by atoms with Crippen molar-refractivity contribution in [2.75, 3.05) is 6.54 Å². The third-order valence-electron chi connectivity index (χ3n) is 2.09. The van der Waals surface area contributed by atoms with E-state index < -0.39 is 0 Å². The van der Waals surface area contributed by atoms with E-state index in [2.05, 4.69) is 35.9 Å². The van der Waals surface area contributed by atoms with Gasteiger partial charge < -0.3 is 11.1 Å². The molecule has 0 aromatic heterocycles. The number of benzene rings is 1. The molecule has 1 rings (SSSR count). The molecule has 0 aliphatic rings. The number of rotatable bonds is 4. The Balaban J connectivity index is 2.49. The van der Waals surface area contributed by atoms with Crippen molar-refractivity contribution in [1.29, 1.82) is 0 Å². The largest absolute Gasteiger partial charge is 0.370 e. The molecule has 0 saturated heterocycles. The van der Waals surface area contributed by atoms with Crippen LogP contribution < -0.4 is 11.1 Å². The molecule has 0 heterocycles. The summed E-state index contributed by atoms with van der Waals surface area (Å²) in [6, 6.07) is 8.24. The van der Waals surface area contributed by atoms with E-state index in [0.29, 0.717) is 19.0 Å². The van der Waals surface area contributed by atoms with Gasteiger partial charge in [0.2, 0.25) is 0 Å². The quantitative estimate of drug-likeness (QED) is 0.460. The van der Waals surface area contributed by atoms with E-state index in [9.17, 15) is 0 Å². The summed E-state index contributed by atoms with van der Waals surface area (Å²) in [5.41, 5.74) is 9.15. The number of guanidine groups is 1. The molecule has 0 spiro atoms. The van der Waals surface area contributed by atoms with Gasteiger partial charge in [-0.1, -0.05) is 42.0 Å². The summed E-state index contributed by atoms with van der Waals surface area (Å²) in [4.78, 5) is 4.25. The molecular weight excluding hydrogens is 198 g/mol. The number of nitrogens with two attached hydrogens (primary N) is 1. The predicted molar refractivity (Wildman–Crippen MR) is 69.3 cm³/mol. The lowest BCUT2D eigenvalue weighted by Gasteiger charge is -2.05. The summed E-state index contributed by atoms with van der Waals surface area (Å²) < 4.78 is 0. The average molecular weight is 217 g/mol. The summed E-state index contributed by atoms with van der Waals surface area (Å²) in [7, 11) is 0. The second kappa shape index (κ2) is 5.95. The molecule has 0 unspecified atom stereocenters. The third-order valence-corrected chi connectivity index (χ3v) is 2.09. The Morgan fingerprint density at radius 1 is 1.50 bits per heavy atom. The number of hydrogen-bond acceptors (Lipinski definition) is 1. The van der Waals surface area contributed by atoms with Crippen molar-refractivity contribution >= 4 is 5.96 Å². The normalized spacial score (nSPS) is 11.2. The van der Waals surface area contributed by atoms with Crippen LogP contribution in [0.25, 0.3) is 0 Å². The molecule has 0 atom stereocenters. The number of aliphatic imine (C=N–C) groups is 1. The minimum Gasteiger partial charge on any atom is -0.370 e. The minimum atomic E-state index is 0.463. The van der Waals surface area contributed by atoms with Crippen LogP contribution in [-0.4, -0.2) is 12.5 Å². The number of aryl methyl sites for hydroxylation is 1. The van der Waals surface area contributed by atoms with Gasteiger partial charge in [-0.3, -0.25) is 0 Å². The van der Waals surface area contributed by atoms with E-state index in [-0.39, 0.29) is 0 Å². The van der Waals surface area contributed by atoms with Crippen molar-refractivity contribution in [3.63, 3.8) is 0 Å². The number of nitrogens with one attached hydrogen (secondary N) is 1. The topological polar surface area (TPSA) is 50.4 Å². The summed E-state index contributed by atoms with van der Waals surface area (Å²) in [5, 5.41) is 3.00. The fourth-order valence-corrected chi connectivity index (χ4v) is 1.28. The SMILES string of the molecule is C=C(C)CNC(N)=NCc1cccc(C)c1. The van der Waals surface area contributed by atoms with Crippen molar-refractivity contribution in [2.24, 2.45) is 10.7 Å². The summed E-state index contributed by atoms with van der Waals surface area (Å²) in [6.07, 6.45) is 0. The molecule has 3 N–H and O–H groups in total. The maximum absolute atomic E-state index is 5.71. The average Bonchev–Trinajstić information content (AvgIpc) is 2.23. The molecule has 0 aliphatic heterocycles. The van der Waals surface area contributed by atoms with E-state index in [0.717, 1.165) is 5.57 Å². The van der Waals surface area contributed by atoms with Crippen LogP contribution in [0.1, 0.15) is 18.1 Å². The van der Waals surface area contributed by atoms with Gasteiger partial charge in [0, 0.05) is 6.54 Å². The van der Waals surface area contributed by atoms with Crippen LogP contribution in [-0.2, 0) is 6.54 Å². The van der Waals surface area contributed by atoms with Gasteiger partial charge in [-0.25, -0.2) is 4.99 Å². The van der Waals surface area contributed by atoms with Crippen molar-refractivity contribution in [3.05, 3.63) is 47.5 Å². The van der Waals surface area contributed by atoms with Crippen molar-refractivity contribution in [2.45, 2.75) is 20.4 Å². The van der Waals surface area contributed by atoms with Crippen LogP contribution in [0, 0.1) is 6.92 Å². The van der Waals surface area contributed by atoms with Gasteiger partial charge in [0.05, 0.1) is 6.54 Å². The minimum absolute atomic E-state index is 0.463. The molecule has 86 valence electrons. The number of hydrogen-bond donors (Lipinski definition) is 2. The van der Waals surface area contributed by atoms with Crippen LogP contribution in [0.4, 0.5) is 0 Å². The second-order valence-electron chi connectivity index (χ2n) is 4.00. The summed E-state index contributed by atoms with van der Waals surface area (Å²) in [6.45, 7) is 9.07. The Morgan fingerprint density at radius 3 is 2.88 bits per heavy atom. The zero-order valence-electron chi connectivity index (χ0n) is 9.96. The highest BCUT2D eigenvalue weighted by atomic mass is 15.1. The van der Waals surface area contributed by atoms with Crippen molar-refractivity contribution in [3.8, 4) is 0 Å². The lowest BCUT2D eigenvalue weighted by Crippen LogP contribution is -2.32. The molecule has 0 fully saturated rings. The van der Waals surface area contributed by atoms with Crippen LogP contribution in [0.15, 0.2) is 41.4 Å². The first-order chi connectivity index (χ1) is 7.58. The van der Waals surface area contributed by atoms with Crippen LogP contribution in [0.3, 0.4) is 0 Å². The zero-order valence-corrected chi connectivity index (χ0v) is 9.96. The van der Waals surface area contributed by atoms with Crippen LogP contribution >= 0.6 is 0 Å². The monoisotopic (exact) mass is 217 g/mol. The van der Waals surface area contributed by atoms with Gasteiger partial charge >= 0.3 is 0 Å². The van der Waals surface area contributed by atoms with E-state index in [1.807, 2.05) is 19.1 Å². The van der Waals surface area contributed by atoms with E-state index in [1.54, 1.807) is 0 Å². The maximum Gasteiger partial charge on any atom is 0.189 e. The van der Waals surface area contributed by atoms with E-state index in [1.165, 1.54) is 11.1 Å². The summed E-state index contributed by atoms with van der Waals surface area (Å²) in [5.74, 6) is 0.463. The first-order valence-electron chi connectivity index (χ1n) is 5.31. The molecule has 16 heavy (non-hydrogen) atoms. The van der Waals surface area contributed by atoms with Crippen molar-refractivity contribution in [1.82, 2.24) is 5.32 Å². The van der Waals surface area contributed by atoms with E-state index in [4.69, 9.17) is 5.73 Å². The Hall–Kier alpha value is -1.77. The van der Waals surface area contributed by atoms with Gasteiger partial charge in [-0.05, 0) is 19.4 Å². The standard InChI is InChI=1S/C13H19N3/c1-10(2)8-15-13(14)16-9-12-6-4-5-11(3)7-12/h4-7H,1,8-9H2,2-3H3,(H3,14,15,16). The fourth-order valence-electron chi connectivity index (χ4n) is 1.28. The lowest BCUT2D eigenvalue weighted by molar-refractivity contribution is 0.939. The molecule has 0 bridgehead atoms. The molecular formula is C13H19N3.